The summed E-state index contributed by atoms with van der Waals surface area (Å²) in [5.74, 6) is 1.49. The minimum absolute atomic E-state index is 0.00681. The van der Waals surface area contributed by atoms with Crippen LogP contribution in [0.5, 0.6) is 0 Å². The third-order valence-corrected chi connectivity index (χ3v) is 3.28. The second kappa shape index (κ2) is 5.40. The first-order valence-corrected chi connectivity index (χ1v) is 6.45. The highest BCUT2D eigenvalue weighted by Crippen LogP contribution is 2.20. The minimum Gasteiger partial charge on any atom is -0.469 e. The fourth-order valence-corrected chi connectivity index (χ4v) is 2.07. The van der Waals surface area contributed by atoms with Gasteiger partial charge in [-0.1, -0.05) is 38.1 Å². The van der Waals surface area contributed by atoms with Gasteiger partial charge in [-0.2, -0.15) is 0 Å². The average molecular weight is 243 g/mol. The van der Waals surface area contributed by atoms with E-state index in [1.54, 1.807) is 6.26 Å². The molecule has 0 aliphatic heterocycles. The van der Waals surface area contributed by atoms with Crippen molar-refractivity contribution in [2.75, 3.05) is 0 Å². The van der Waals surface area contributed by atoms with Crippen LogP contribution in [0, 0.1) is 6.92 Å². The molecule has 0 fully saturated rings. The molecule has 1 atom stereocenters. The fourth-order valence-electron chi connectivity index (χ4n) is 2.07. The van der Waals surface area contributed by atoms with E-state index in [1.165, 1.54) is 11.1 Å². The summed E-state index contributed by atoms with van der Waals surface area (Å²) >= 11 is 0. The van der Waals surface area contributed by atoms with E-state index in [0.29, 0.717) is 5.92 Å². The Morgan fingerprint density at radius 3 is 2.28 bits per heavy atom. The van der Waals surface area contributed by atoms with Crippen LogP contribution in [0.2, 0.25) is 0 Å². The second-order valence-corrected chi connectivity index (χ2v) is 5.20. The van der Waals surface area contributed by atoms with Crippen molar-refractivity contribution >= 4 is 0 Å². The summed E-state index contributed by atoms with van der Waals surface area (Å²) in [5, 5.41) is 0. The molecule has 1 heterocycles. The molecule has 18 heavy (non-hydrogen) atoms. The lowest BCUT2D eigenvalue weighted by molar-refractivity contribution is 0.528. The highest BCUT2D eigenvalue weighted by molar-refractivity contribution is 5.27. The van der Waals surface area contributed by atoms with Gasteiger partial charge < -0.3 is 10.2 Å². The Morgan fingerprint density at radius 2 is 1.78 bits per heavy atom. The van der Waals surface area contributed by atoms with E-state index in [9.17, 15) is 0 Å². The molecule has 2 heteroatoms. The smallest absolute Gasteiger partial charge is 0.101 e. The van der Waals surface area contributed by atoms with Crippen LogP contribution in [0.15, 0.2) is 41.0 Å². The van der Waals surface area contributed by atoms with Crippen molar-refractivity contribution in [1.82, 2.24) is 0 Å². The number of benzene rings is 1. The summed E-state index contributed by atoms with van der Waals surface area (Å²) in [5.41, 5.74) is 9.88. The molecule has 96 valence electrons. The first-order valence-electron chi connectivity index (χ1n) is 6.45. The summed E-state index contributed by atoms with van der Waals surface area (Å²) in [6, 6.07) is 10.7. The maximum absolute atomic E-state index is 6.18. The zero-order chi connectivity index (χ0) is 13.1. The van der Waals surface area contributed by atoms with Gasteiger partial charge in [0.1, 0.15) is 5.76 Å². The first kappa shape index (κ1) is 12.9. The molecule has 0 aliphatic carbocycles. The van der Waals surface area contributed by atoms with Crippen LogP contribution >= 0.6 is 0 Å². The molecule has 0 radical (unpaired) electrons. The van der Waals surface area contributed by atoms with Gasteiger partial charge in [-0.3, -0.25) is 0 Å². The molecule has 1 aromatic carbocycles. The van der Waals surface area contributed by atoms with Gasteiger partial charge in [-0.25, -0.2) is 0 Å². The van der Waals surface area contributed by atoms with Crippen LogP contribution in [-0.4, -0.2) is 0 Å². The SMILES string of the molecule is Cc1cc(C(N)Cc2ccc(C(C)C)cc2)co1. The van der Waals surface area contributed by atoms with E-state index in [-0.39, 0.29) is 6.04 Å². The largest absolute Gasteiger partial charge is 0.469 e. The number of nitrogens with two attached hydrogens (primary N) is 1. The first-order chi connectivity index (χ1) is 8.56. The maximum Gasteiger partial charge on any atom is 0.101 e. The Hall–Kier alpha value is -1.54. The standard InChI is InChI=1S/C16H21NO/c1-11(2)14-6-4-13(5-7-14)9-16(17)15-8-12(3)18-10-15/h4-8,10-11,16H,9,17H2,1-3H3. The van der Waals surface area contributed by atoms with Gasteiger partial charge in [-0.05, 0) is 36.5 Å². The van der Waals surface area contributed by atoms with Gasteiger partial charge in [0, 0.05) is 11.6 Å². The van der Waals surface area contributed by atoms with Gasteiger partial charge >= 0.3 is 0 Å². The molecule has 2 rings (SSSR count). The highest BCUT2D eigenvalue weighted by Gasteiger charge is 2.10. The van der Waals surface area contributed by atoms with Crippen molar-refractivity contribution in [3.05, 3.63) is 59.0 Å². The predicted octanol–water partition coefficient (Wildman–Crippen LogP) is 3.95. The summed E-state index contributed by atoms with van der Waals surface area (Å²) in [4.78, 5) is 0. The molecular weight excluding hydrogens is 222 g/mol. The van der Waals surface area contributed by atoms with E-state index < -0.39 is 0 Å². The molecule has 0 bridgehead atoms. The minimum atomic E-state index is 0.00681. The third kappa shape index (κ3) is 3.02. The number of rotatable bonds is 4. The van der Waals surface area contributed by atoms with E-state index in [4.69, 9.17) is 10.2 Å². The fraction of sp³-hybridized carbons (Fsp3) is 0.375. The average Bonchev–Trinajstić information content (AvgIpc) is 2.76. The maximum atomic E-state index is 6.18. The van der Waals surface area contributed by atoms with Crippen LogP contribution in [-0.2, 0) is 6.42 Å². The highest BCUT2D eigenvalue weighted by atomic mass is 16.3. The van der Waals surface area contributed by atoms with Crippen LogP contribution in [0.25, 0.3) is 0 Å². The quantitative estimate of drug-likeness (QED) is 0.883. The van der Waals surface area contributed by atoms with Crippen molar-refractivity contribution in [2.45, 2.75) is 39.2 Å². The lowest BCUT2D eigenvalue weighted by Crippen LogP contribution is -2.12. The molecule has 0 spiro atoms. The van der Waals surface area contributed by atoms with Crippen molar-refractivity contribution < 1.29 is 4.42 Å². The summed E-state index contributed by atoms with van der Waals surface area (Å²) in [6.45, 7) is 6.34. The van der Waals surface area contributed by atoms with Gasteiger partial charge in [0.05, 0.1) is 6.26 Å². The molecule has 1 unspecified atom stereocenters. The van der Waals surface area contributed by atoms with Crippen LogP contribution in [0.4, 0.5) is 0 Å². The zero-order valence-electron chi connectivity index (χ0n) is 11.3. The van der Waals surface area contributed by atoms with E-state index in [2.05, 4.69) is 38.1 Å². The number of hydrogen-bond donors (Lipinski definition) is 1. The molecule has 0 saturated heterocycles. The topological polar surface area (TPSA) is 39.2 Å². The van der Waals surface area contributed by atoms with Gasteiger partial charge in [0.15, 0.2) is 0 Å². The predicted molar refractivity (Wildman–Crippen MR) is 74.6 cm³/mol. The third-order valence-electron chi connectivity index (χ3n) is 3.28. The van der Waals surface area contributed by atoms with Gasteiger partial charge in [-0.15, -0.1) is 0 Å². The molecule has 0 saturated carbocycles. The molecule has 2 N–H and O–H groups in total. The van der Waals surface area contributed by atoms with Gasteiger partial charge in [0.25, 0.3) is 0 Å². The number of furan rings is 1. The van der Waals surface area contributed by atoms with Crippen LogP contribution in [0.3, 0.4) is 0 Å². The lowest BCUT2D eigenvalue weighted by Gasteiger charge is -2.11. The van der Waals surface area contributed by atoms with Crippen LogP contribution < -0.4 is 5.73 Å². The Labute approximate surface area is 109 Å². The number of aryl methyl sites for hydroxylation is 1. The van der Waals surface area contributed by atoms with E-state index in [1.807, 2.05) is 13.0 Å². The van der Waals surface area contributed by atoms with E-state index in [0.717, 1.165) is 17.7 Å². The molecule has 1 aromatic heterocycles. The summed E-state index contributed by atoms with van der Waals surface area (Å²) in [6.07, 6.45) is 2.60. The second-order valence-electron chi connectivity index (χ2n) is 5.20. The van der Waals surface area contributed by atoms with E-state index >= 15 is 0 Å². The Bertz CT molecular complexity index is 496. The van der Waals surface area contributed by atoms with Crippen molar-refractivity contribution in [1.29, 1.82) is 0 Å². The zero-order valence-corrected chi connectivity index (χ0v) is 11.3. The lowest BCUT2D eigenvalue weighted by atomic mass is 9.97. The molecular formula is C16H21NO. The van der Waals surface area contributed by atoms with Crippen LogP contribution in [0.1, 0.15) is 48.3 Å². The van der Waals surface area contributed by atoms with Crippen molar-refractivity contribution in [2.24, 2.45) is 5.73 Å². The van der Waals surface area contributed by atoms with Crippen molar-refractivity contribution in [3.8, 4) is 0 Å². The number of hydrogen-bond acceptors (Lipinski definition) is 2. The molecule has 0 aliphatic rings. The molecule has 2 nitrogen and oxygen atoms in total. The Balaban J connectivity index is 2.05. The monoisotopic (exact) mass is 243 g/mol. The Morgan fingerprint density at radius 1 is 1.11 bits per heavy atom. The normalized spacial score (nSPS) is 12.9. The summed E-state index contributed by atoms with van der Waals surface area (Å²) < 4.78 is 5.29. The van der Waals surface area contributed by atoms with Crippen molar-refractivity contribution in [3.63, 3.8) is 0 Å². The van der Waals surface area contributed by atoms with Gasteiger partial charge in [0.2, 0.25) is 0 Å². The molecule has 0 amide bonds. The Kier molecular flexibility index (Phi) is 3.87. The summed E-state index contributed by atoms with van der Waals surface area (Å²) in [7, 11) is 0. The molecule has 2 aromatic rings.